The molecule has 0 aromatic carbocycles. The SMILES string of the molecule is C=CC(=O)OCCBr.Cl. The Labute approximate surface area is 68.8 Å². The Morgan fingerprint density at radius 2 is 2.33 bits per heavy atom. The average molecular weight is 215 g/mol. The molecule has 0 amide bonds. The van der Waals surface area contributed by atoms with Crippen LogP contribution in [0.3, 0.4) is 0 Å². The van der Waals surface area contributed by atoms with E-state index in [9.17, 15) is 4.79 Å². The van der Waals surface area contributed by atoms with E-state index in [0.29, 0.717) is 11.9 Å². The lowest BCUT2D eigenvalue weighted by Gasteiger charge is -1.94. The minimum atomic E-state index is -0.371. The summed E-state index contributed by atoms with van der Waals surface area (Å²) >= 11 is 3.10. The van der Waals surface area contributed by atoms with Crippen LogP contribution in [0.5, 0.6) is 0 Å². The molecular formula is C5H8BrClO2. The highest BCUT2D eigenvalue weighted by molar-refractivity contribution is 9.09. The van der Waals surface area contributed by atoms with Crippen LogP contribution >= 0.6 is 28.3 Å². The molecule has 0 atom stereocenters. The number of rotatable bonds is 3. The fourth-order valence-electron chi connectivity index (χ4n) is 0.198. The highest BCUT2D eigenvalue weighted by Gasteiger charge is 1.90. The zero-order chi connectivity index (χ0) is 6.41. The normalized spacial score (nSPS) is 7.22. The molecule has 0 fully saturated rings. The van der Waals surface area contributed by atoms with Gasteiger partial charge in [0.05, 0.1) is 0 Å². The Morgan fingerprint density at radius 3 is 2.67 bits per heavy atom. The van der Waals surface area contributed by atoms with E-state index in [2.05, 4.69) is 27.2 Å². The number of esters is 1. The van der Waals surface area contributed by atoms with Gasteiger partial charge in [0.25, 0.3) is 0 Å². The minimum Gasteiger partial charge on any atom is -0.462 e. The first-order valence-electron chi connectivity index (χ1n) is 2.16. The Hall–Kier alpha value is -0.0200. The van der Waals surface area contributed by atoms with Crippen molar-refractivity contribution in [3.63, 3.8) is 0 Å². The predicted molar refractivity (Wildman–Crippen MR) is 42.2 cm³/mol. The van der Waals surface area contributed by atoms with Crippen molar-refractivity contribution in [2.75, 3.05) is 11.9 Å². The first-order chi connectivity index (χ1) is 3.81. The van der Waals surface area contributed by atoms with Gasteiger partial charge in [0, 0.05) is 11.4 Å². The second kappa shape index (κ2) is 7.98. The van der Waals surface area contributed by atoms with Gasteiger partial charge in [-0.2, -0.15) is 0 Å². The van der Waals surface area contributed by atoms with Crippen LogP contribution in [0, 0.1) is 0 Å². The van der Waals surface area contributed by atoms with Crippen molar-refractivity contribution in [1.29, 1.82) is 0 Å². The standard InChI is InChI=1S/C5H7BrO2.ClH/c1-2-5(7)8-4-3-6;/h2H,1,3-4H2;1H. The maximum Gasteiger partial charge on any atom is 0.330 e. The summed E-state index contributed by atoms with van der Waals surface area (Å²) in [6, 6.07) is 0. The van der Waals surface area contributed by atoms with Gasteiger partial charge < -0.3 is 4.74 Å². The number of ether oxygens (including phenoxy) is 1. The molecule has 0 aliphatic carbocycles. The van der Waals surface area contributed by atoms with Crippen LogP contribution in [0.15, 0.2) is 12.7 Å². The first kappa shape index (κ1) is 11.7. The van der Waals surface area contributed by atoms with E-state index >= 15 is 0 Å². The second-order valence-electron chi connectivity index (χ2n) is 1.06. The molecule has 0 N–H and O–H groups in total. The molecule has 0 aliphatic heterocycles. The van der Waals surface area contributed by atoms with E-state index < -0.39 is 0 Å². The number of carbonyl (C=O) groups excluding carboxylic acids is 1. The lowest BCUT2D eigenvalue weighted by atomic mass is 10.6. The van der Waals surface area contributed by atoms with Gasteiger partial charge in [-0.25, -0.2) is 4.79 Å². The molecule has 0 aliphatic rings. The average Bonchev–Trinajstić information content (AvgIpc) is 1.83. The van der Waals surface area contributed by atoms with E-state index in [0.717, 1.165) is 6.08 Å². The highest BCUT2D eigenvalue weighted by Crippen LogP contribution is 1.82. The molecule has 54 valence electrons. The zero-order valence-corrected chi connectivity index (χ0v) is 7.20. The summed E-state index contributed by atoms with van der Waals surface area (Å²) in [7, 11) is 0. The first-order valence-corrected chi connectivity index (χ1v) is 3.28. The third-order valence-electron chi connectivity index (χ3n) is 0.488. The van der Waals surface area contributed by atoms with Gasteiger partial charge >= 0.3 is 5.97 Å². The summed E-state index contributed by atoms with van der Waals surface area (Å²) in [5.41, 5.74) is 0. The summed E-state index contributed by atoms with van der Waals surface area (Å²) in [6.07, 6.45) is 1.14. The molecule has 0 aromatic heterocycles. The number of hydrogen-bond donors (Lipinski definition) is 0. The molecule has 0 aromatic rings. The molecule has 0 unspecified atom stereocenters. The number of alkyl halides is 1. The van der Waals surface area contributed by atoms with Crippen molar-refractivity contribution in [3.05, 3.63) is 12.7 Å². The fourth-order valence-corrected chi connectivity index (χ4v) is 0.360. The van der Waals surface area contributed by atoms with Crippen LogP contribution < -0.4 is 0 Å². The van der Waals surface area contributed by atoms with E-state index in [4.69, 9.17) is 0 Å². The van der Waals surface area contributed by atoms with Crippen molar-refractivity contribution >= 4 is 34.3 Å². The molecular weight excluding hydrogens is 207 g/mol. The molecule has 0 heterocycles. The van der Waals surface area contributed by atoms with Crippen LogP contribution in [0.2, 0.25) is 0 Å². The van der Waals surface area contributed by atoms with Gasteiger partial charge in [-0.1, -0.05) is 22.5 Å². The lowest BCUT2D eigenvalue weighted by molar-refractivity contribution is -0.137. The third kappa shape index (κ3) is 7.98. The van der Waals surface area contributed by atoms with Crippen LogP contribution in [-0.4, -0.2) is 17.9 Å². The van der Waals surface area contributed by atoms with Gasteiger partial charge in [0.1, 0.15) is 6.61 Å². The van der Waals surface area contributed by atoms with Crippen LogP contribution in [0.25, 0.3) is 0 Å². The Bertz CT molecular complexity index is 95.0. The summed E-state index contributed by atoms with van der Waals surface area (Å²) in [6.45, 7) is 3.63. The van der Waals surface area contributed by atoms with Crippen molar-refractivity contribution in [1.82, 2.24) is 0 Å². The molecule has 0 saturated heterocycles. The molecule has 0 saturated carbocycles. The van der Waals surface area contributed by atoms with E-state index in [-0.39, 0.29) is 18.4 Å². The second-order valence-corrected chi connectivity index (χ2v) is 1.85. The minimum absolute atomic E-state index is 0. The Kier molecular flexibility index (Phi) is 10.4. The maximum atomic E-state index is 10.2. The van der Waals surface area contributed by atoms with Crippen LogP contribution in [-0.2, 0) is 9.53 Å². The van der Waals surface area contributed by atoms with Crippen molar-refractivity contribution in [3.8, 4) is 0 Å². The van der Waals surface area contributed by atoms with Gasteiger partial charge in [-0.3, -0.25) is 0 Å². The van der Waals surface area contributed by atoms with Crippen molar-refractivity contribution in [2.45, 2.75) is 0 Å². The lowest BCUT2D eigenvalue weighted by Crippen LogP contribution is -2.01. The van der Waals surface area contributed by atoms with E-state index in [1.54, 1.807) is 0 Å². The van der Waals surface area contributed by atoms with Gasteiger partial charge in [0.2, 0.25) is 0 Å². The highest BCUT2D eigenvalue weighted by atomic mass is 79.9. The third-order valence-corrected chi connectivity index (χ3v) is 0.812. The predicted octanol–water partition coefficient (Wildman–Crippen LogP) is 1.53. The topological polar surface area (TPSA) is 26.3 Å². The molecule has 0 rings (SSSR count). The van der Waals surface area contributed by atoms with Crippen LogP contribution in [0.4, 0.5) is 0 Å². The zero-order valence-electron chi connectivity index (χ0n) is 4.80. The molecule has 2 nitrogen and oxygen atoms in total. The number of carbonyl (C=O) groups is 1. The summed E-state index contributed by atoms with van der Waals surface area (Å²) in [4.78, 5) is 10.2. The molecule has 0 radical (unpaired) electrons. The Balaban J connectivity index is 0. The smallest absolute Gasteiger partial charge is 0.330 e. The number of halogens is 2. The monoisotopic (exact) mass is 214 g/mol. The van der Waals surface area contributed by atoms with E-state index in [1.807, 2.05) is 0 Å². The maximum absolute atomic E-state index is 10.2. The molecule has 9 heavy (non-hydrogen) atoms. The number of hydrogen-bond acceptors (Lipinski definition) is 2. The largest absolute Gasteiger partial charge is 0.462 e. The summed E-state index contributed by atoms with van der Waals surface area (Å²) in [5, 5.41) is 0.673. The van der Waals surface area contributed by atoms with Gasteiger partial charge in [-0.15, -0.1) is 12.4 Å². The molecule has 4 heteroatoms. The van der Waals surface area contributed by atoms with Crippen LogP contribution in [0.1, 0.15) is 0 Å². The van der Waals surface area contributed by atoms with Crippen molar-refractivity contribution in [2.24, 2.45) is 0 Å². The fraction of sp³-hybridized carbons (Fsp3) is 0.400. The summed E-state index contributed by atoms with van der Waals surface area (Å²) in [5.74, 6) is -0.371. The van der Waals surface area contributed by atoms with Crippen molar-refractivity contribution < 1.29 is 9.53 Å². The molecule has 0 spiro atoms. The summed E-state index contributed by atoms with van der Waals surface area (Å²) < 4.78 is 4.54. The van der Waals surface area contributed by atoms with E-state index in [1.165, 1.54) is 0 Å². The van der Waals surface area contributed by atoms with Gasteiger partial charge in [-0.05, 0) is 0 Å². The van der Waals surface area contributed by atoms with Gasteiger partial charge in [0.15, 0.2) is 0 Å². The molecule has 0 bridgehead atoms. The quantitative estimate of drug-likeness (QED) is 0.405. The Morgan fingerprint density at radius 1 is 1.78 bits per heavy atom.